The number of aryl methyl sites for hydroxylation is 1. The van der Waals surface area contributed by atoms with E-state index in [1.807, 2.05) is 0 Å². The summed E-state index contributed by atoms with van der Waals surface area (Å²) < 4.78 is 16.5. The number of hydrogen-bond acceptors (Lipinski definition) is 6. The van der Waals surface area contributed by atoms with Crippen molar-refractivity contribution in [2.75, 3.05) is 13.2 Å². The number of ether oxygens (including phenoxy) is 1. The number of carbonyl (C=O) groups is 2. The van der Waals surface area contributed by atoms with Crippen LogP contribution in [0, 0.1) is 6.92 Å². The van der Waals surface area contributed by atoms with E-state index in [0.717, 1.165) is 12.8 Å². The van der Waals surface area contributed by atoms with Gasteiger partial charge in [-0.3, -0.25) is 9.59 Å². The lowest BCUT2D eigenvalue weighted by Crippen LogP contribution is -2.37. The molecule has 2 unspecified atom stereocenters. The molecule has 7 nitrogen and oxygen atoms in total. The molecule has 0 bridgehead atoms. The number of aliphatic hydroxyl groups is 1. The molecule has 1 amide bonds. The maximum absolute atomic E-state index is 12.9. The zero-order chi connectivity index (χ0) is 18.3. The lowest BCUT2D eigenvalue weighted by molar-refractivity contribution is -0.131. The second-order valence-corrected chi connectivity index (χ2v) is 6.51. The van der Waals surface area contributed by atoms with Gasteiger partial charge in [-0.2, -0.15) is 0 Å². The van der Waals surface area contributed by atoms with Crippen LogP contribution >= 0.6 is 0 Å². The van der Waals surface area contributed by atoms with Crippen molar-refractivity contribution < 1.29 is 28.3 Å². The number of nitrogens with zero attached hydrogens (tertiary/aromatic N) is 1. The van der Waals surface area contributed by atoms with Gasteiger partial charge in [0.05, 0.1) is 17.9 Å². The fraction of sp³-hybridized carbons (Fsp3) is 0.368. The van der Waals surface area contributed by atoms with Gasteiger partial charge in [-0.15, -0.1) is 0 Å². The highest BCUT2D eigenvalue weighted by Gasteiger charge is 2.46. The number of carbonyl (C=O) groups excluding carboxylic acids is 2. The van der Waals surface area contributed by atoms with Crippen molar-refractivity contribution >= 4 is 11.7 Å². The van der Waals surface area contributed by atoms with Crippen molar-refractivity contribution in [3.8, 4) is 0 Å². The Kier molecular flexibility index (Phi) is 4.16. The molecule has 136 valence electrons. The first kappa shape index (κ1) is 16.7. The summed E-state index contributed by atoms with van der Waals surface area (Å²) in [5.74, 6) is -0.639. The Morgan fingerprint density at radius 1 is 1.35 bits per heavy atom. The molecule has 7 heteroatoms. The van der Waals surface area contributed by atoms with E-state index in [0.29, 0.717) is 18.1 Å². The molecule has 2 aliphatic heterocycles. The summed E-state index contributed by atoms with van der Waals surface area (Å²) in [5.41, 5.74) is -0.0303. The minimum absolute atomic E-state index is 0.0303. The van der Waals surface area contributed by atoms with Gasteiger partial charge in [-0.05, 0) is 44.0 Å². The molecule has 0 aromatic carbocycles. The summed E-state index contributed by atoms with van der Waals surface area (Å²) in [5, 5.41) is 10.5. The van der Waals surface area contributed by atoms with E-state index in [2.05, 4.69) is 0 Å². The lowest BCUT2D eigenvalue weighted by Gasteiger charge is -2.27. The number of amides is 1. The van der Waals surface area contributed by atoms with E-state index in [1.54, 1.807) is 25.1 Å². The lowest BCUT2D eigenvalue weighted by atomic mass is 9.99. The first-order valence-corrected chi connectivity index (χ1v) is 8.56. The largest absolute Gasteiger partial charge is 0.503 e. The number of Topliss-reactive ketones (excluding diaryl/α,β-unsaturated/α-hetero) is 1. The molecule has 2 aromatic rings. The summed E-state index contributed by atoms with van der Waals surface area (Å²) in [6.07, 6.45) is 3.11. The van der Waals surface area contributed by atoms with Crippen molar-refractivity contribution in [3.63, 3.8) is 0 Å². The smallest absolute Gasteiger partial charge is 0.290 e. The maximum atomic E-state index is 12.9. The van der Waals surface area contributed by atoms with Gasteiger partial charge in [-0.25, -0.2) is 0 Å². The van der Waals surface area contributed by atoms with Gasteiger partial charge in [0.15, 0.2) is 11.5 Å². The van der Waals surface area contributed by atoms with Crippen LogP contribution in [0.5, 0.6) is 0 Å². The quantitative estimate of drug-likeness (QED) is 0.827. The standard InChI is InChI=1S/C19H19NO6/c1-11-6-7-14(26-11)17(21)15-16(13-5-3-9-25-13)20(19(23)18(15)22)10-12-4-2-8-24-12/h3,5-7,9,12,16,22H,2,4,8,10H2,1H3. The van der Waals surface area contributed by atoms with Crippen molar-refractivity contribution in [2.24, 2.45) is 0 Å². The van der Waals surface area contributed by atoms with E-state index in [9.17, 15) is 14.7 Å². The van der Waals surface area contributed by atoms with Crippen LogP contribution in [0.15, 0.2) is 50.7 Å². The van der Waals surface area contributed by atoms with Gasteiger partial charge >= 0.3 is 0 Å². The Hall–Kier alpha value is -2.80. The second-order valence-electron chi connectivity index (χ2n) is 6.51. The van der Waals surface area contributed by atoms with E-state index >= 15 is 0 Å². The van der Waals surface area contributed by atoms with Crippen LogP contribution in [0.4, 0.5) is 0 Å². The van der Waals surface area contributed by atoms with E-state index in [4.69, 9.17) is 13.6 Å². The highest BCUT2D eigenvalue weighted by Crippen LogP contribution is 2.40. The van der Waals surface area contributed by atoms with Crippen LogP contribution in [-0.4, -0.2) is 41.0 Å². The van der Waals surface area contributed by atoms with Gasteiger partial charge in [-0.1, -0.05) is 0 Å². The van der Waals surface area contributed by atoms with Crippen molar-refractivity contribution in [2.45, 2.75) is 31.9 Å². The zero-order valence-corrected chi connectivity index (χ0v) is 14.3. The molecule has 0 saturated carbocycles. The molecule has 2 aromatic heterocycles. The monoisotopic (exact) mass is 357 g/mol. The molecule has 4 heterocycles. The summed E-state index contributed by atoms with van der Waals surface area (Å²) in [6.45, 7) is 2.65. The molecular weight excluding hydrogens is 338 g/mol. The summed E-state index contributed by atoms with van der Waals surface area (Å²) >= 11 is 0. The molecule has 0 spiro atoms. The third-order valence-corrected chi connectivity index (χ3v) is 4.75. The van der Waals surface area contributed by atoms with E-state index in [1.165, 1.54) is 17.2 Å². The summed E-state index contributed by atoms with van der Waals surface area (Å²) in [6, 6.07) is 5.75. The van der Waals surface area contributed by atoms with Crippen molar-refractivity contribution in [3.05, 3.63) is 59.1 Å². The molecule has 2 atom stereocenters. The molecule has 0 aliphatic carbocycles. The predicted molar refractivity (Wildman–Crippen MR) is 89.6 cm³/mol. The SMILES string of the molecule is Cc1ccc(C(=O)C2=C(O)C(=O)N(CC3CCCO3)C2c2ccco2)o1. The minimum Gasteiger partial charge on any atom is -0.503 e. The average molecular weight is 357 g/mol. The number of hydrogen-bond donors (Lipinski definition) is 1. The highest BCUT2D eigenvalue weighted by molar-refractivity contribution is 6.14. The number of furan rings is 2. The number of ketones is 1. The molecular formula is C19H19NO6. The first-order chi connectivity index (χ1) is 12.6. The Balaban J connectivity index is 1.72. The Morgan fingerprint density at radius 3 is 2.81 bits per heavy atom. The molecule has 1 fully saturated rings. The van der Waals surface area contributed by atoms with Crippen molar-refractivity contribution in [1.29, 1.82) is 0 Å². The van der Waals surface area contributed by atoms with Crippen LogP contribution in [0.2, 0.25) is 0 Å². The Morgan fingerprint density at radius 2 is 2.19 bits per heavy atom. The Labute approximate surface area is 149 Å². The molecule has 1 N–H and O–H groups in total. The number of rotatable bonds is 5. The van der Waals surface area contributed by atoms with Gasteiger partial charge in [0.25, 0.3) is 5.91 Å². The van der Waals surface area contributed by atoms with Crippen LogP contribution in [0.25, 0.3) is 0 Å². The van der Waals surface area contributed by atoms with Gasteiger partial charge in [0.1, 0.15) is 17.6 Å². The van der Waals surface area contributed by atoms with Gasteiger partial charge in [0, 0.05) is 13.2 Å². The fourth-order valence-electron chi connectivity index (χ4n) is 3.51. The predicted octanol–water partition coefficient (Wildman–Crippen LogP) is 2.94. The second kappa shape index (κ2) is 6.49. The summed E-state index contributed by atoms with van der Waals surface area (Å²) in [4.78, 5) is 27.1. The van der Waals surface area contributed by atoms with Crippen LogP contribution in [0.1, 0.15) is 41.0 Å². The fourth-order valence-corrected chi connectivity index (χ4v) is 3.51. The van der Waals surface area contributed by atoms with Crippen LogP contribution in [-0.2, 0) is 9.53 Å². The summed E-state index contributed by atoms with van der Waals surface area (Å²) in [7, 11) is 0. The third kappa shape index (κ3) is 2.74. The Bertz CT molecular complexity index is 856. The van der Waals surface area contributed by atoms with Crippen molar-refractivity contribution in [1.82, 2.24) is 4.90 Å². The van der Waals surface area contributed by atoms with Gasteiger partial charge in [0.2, 0.25) is 5.78 Å². The van der Waals surface area contributed by atoms with Crippen LogP contribution in [0.3, 0.4) is 0 Å². The molecule has 26 heavy (non-hydrogen) atoms. The molecule has 2 aliphatic rings. The normalized spacial score (nSPS) is 23.3. The topological polar surface area (TPSA) is 93.1 Å². The van der Waals surface area contributed by atoms with Crippen LogP contribution < -0.4 is 0 Å². The van der Waals surface area contributed by atoms with Gasteiger partial charge < -0.3 is 23.6 Å². The zero-order valence-electron chi connectivity index (χ0n) is 14.3. The minimum atomic E-state index is -0.806. The molecule has 0 radical (unpaired) electrons. The third-order valence-electron chi connectivity index (χ3n) is 4.75. The highest BCUT2D eigenvalue weighted by atomic mass is 16.5. The van der Waals surface area contributed by atoms with E-state index < -0.39 is 23.5 Å². The number of aliphatic hydroxyl groups excluding tert-OH is 1. The average Bonchev–Trinajstić information content (AvgIpc) is 3.39. The molecule has 4 rings (SSSR count). The first-order valence-electron chi connectivity index (χ1n) is 8.56. The maximum Gasteiger partial charge on any atom is 0.290 e. The molecule has 1 saturated heterocycles. The van der Waals surface area contributed by atoms with E-state index in [-0.39, 0.29) is 24.0 Å².